The lowest BCUT2D eigenvalue weighted by atomic mass is 10.1. The van der Waals surface area contributed by atoms with Gasteiger partial charge < -0.3 is 26.4 Å². The van der Waals surface area contributed by atoms with Crippen LogP contribution in [0.25, 0.3) is 11.0 Å². The first-order valence-corrected chi connectivity index (χ1v) is 14.9. The van der Waals surface area contributed by atoms with Gasteiger partial charge in [-0.1, -0.05) is 39.7 Å². The van der Waals surface area contributed by atoms with Gasteiger partial charge >= 0.3 is 6.18 Å². The minimum absolute atomic E-state index is 0.0835. The molecule has 1 saturated heterocycles. The molecule has 3 heterocycles. The van der Waals surface area contributed by atoms with Crippen LogP contribution in [0.3, 0.4) is 0 Å². The fraction of sp³-hybridized carbons (Fsp3) is 0.621. The number of unbranched alkanes of at least 4 members (excludes halogenated alkanes) is 2. The zero-order valence-corrected chi connectivity index (χ0v) is 25.3. The lowest BCUT2D eigenvalue weighted by molar-refractivity contribution is -0.186. The second-order valence-electron chi connectivity index (χ2n) is 10.1. The predicted molar refractivity (Wildman–Crippen MR) is 163 cm³/mol. The highest BCUT2D eigenvalue weighted by Gasteiger charge is 2.43. The van der Waals surface area contributed by atoms with Crippen LogP contribution < -0.4 is 26.4 Å². The van der Waals surface area contributed by atoms with Crippen molar-refractivity contribution >= 4 is 28.5 Å². The van der Waals surface area contributed by atoms with Crippen molar-refractivity contribution in [1.29, 1.82) is 0 Å². The number of alkyl halides is 3. The number of methoxy groups -OCH3 is 1. The van der Waals surface area contributed by atoms with Gasteiger partial charge in [0.15, 0.2) is 11.3 Å². The van der Waals surface area contributed by atoms with Crippen molar-refractivity contribution < 1.29 is 17.9 Å². The number of hydrogen-bond acceptors (Lipinski definition) is 9. The molecule has 13 heteroatoms. The monoisotopic (exact) mass is 593 g/mol. The molecule has 42 heavy (non-hydrogen) atoms. The number of fused-ring (bicyclic) bond motifs is 1. The van der Waals surface area contributed by atoms with E-state index in [1.54, 1.807) is 16.7 Å². The van der Waals surface area contributed by atoms with Crippen LogP contribution in [0, 0.1) is 0 Å². The van der Waals surface area contributed by atoms with Crippen LogP contribution in [0.4, 0.5) is 30.6 Å². The Morgan fingerprint density at radius 3 is 2.45 bits per heavy atom. The van der Waals surface area contributed by atoms with Crippen molar-refractivity contribution in [3.8, 4) is 5.75 Å². The molecule has 0 bridgehead atoms. The smallest absolute Gasteiger partial charge is 0.404 e. The number of nitrogens with one attached hydrogen (secondary N) is 1. The summed E-state index contributed by atoms with van der Waals surface area (Å²) in [5.74, 6) is 1.48. The molecule has 1 unspecified atom stereocenters. The Morgan fingerprint density at radius 1 is 1.07 bits per heavy atom. The van der Waals surface area contributed by atoms with Gasteiger partial charge in [0.25, 0.3) is 0 Å². The van der Waals surface area contributed by atoms with Crippen molar-refractivity contribution in [3.63, 3.8) is 0 Å². The first kappa shape index (κ1) is 33.2. The SMILES string of the molecule is CC.CCCCNc1nc(N)nc2cn(Cc3ccc(N4CCN(C(CCCCN)C(F)(F)F)CC4)cc3OC)nc12. The van der Waals surface area contributed by atoms with Gasteiger partial charge in [-0.05, 0) is 31.9 Å². The van der Waals surface area contributed by atoms with Crippen LogP contribution in [0.5, 0.6) is 5.75 Å². The highest BCUT2D eigenvalue weighted by atomic mass is 19.4. The van der Waals surface area contributed by atoms with E-state index in [1.165, 1.54) is 0 Å². The fourth-order valence-corrected chi connectivity index (χ4v) is 5.13. The van der Waals surface area contributed by atoms with Gasteiger partial charge in [0, 0.05) is 50.0 Å². The van der Waals surface area contributed by atoms with Crippen LogP contribution in [-0.4, -0.2) is 83.2 Å². The number of anilines is 3. The van der Waals surface area contributed by atoms with Crippen molar-refractivity contribution in [2.24, 2.45) is 5.73 Å². The Morgan fingerprint density at radius 2 is 1.81 bits per heavy atom. The standard InChI is InChI=1S/C27H40F3N9O.C2H6/c1-3-4-11-33-25-24-21(34-26(32)35-25)18-39(36-24)17-19-8-9-20(16-22(19)40-2)37-12-14-38(15-13-37)23(27(28,29)30)7-5-6-10-31;1-2/h8-9,16,18,23H,3-7,10-15,17,31H2,1-2H3,(H3,32,33,34,35);1-2H3. The van der Waals surface area contributed by atoms with Crippen molar-refractivity contribution in [1.82, 2.24) is 24.6 Å². The lowest BCUT2D eigenvalue weighted by Gasteiger charge is -2.41. The summed E-state index contributed by atoms with van der Waals surface area (Å²) in [6, 6.07) is 4.46. The van der Waals surface area contributed by atoms with Gasteiger partial charge in [0.1, 0.15) is 17.3 Å². The molecule has 0 aliphatic carbocycles. The molecule has 1 aromatic carbocycles. The molecule has 0 spiro atoms. The minimum atomic E-state index is -4.25. The maximum Gasteiger partial charge on any atom is 0.404 e. The molecule has 2 aromatic heterocycles. The van der Waals surface area contributed by atoms with E-state index in [2.05, 4.69) is 32.2 Å². The van der Waals surface area contributed by atoms with Gasteiger partial charge in [0.2, 0.25) is 5.95 Å². The number of rotatable bonds is 13. The van der Waals surface area contributed by atoms with Crippen molar-refractivity contribution in [2.75, 3.05) is 62.3 Å². The van der Waals surface area contributed by atoms with Gasteiger partial charge in [-0.15, -0.1) is 0 Å². The molecule has 0 saturated carbocycles. The number of aromatic nitrogens is 4. The van der Waals surface area contributed by atoms with Crippen LogP contribution in [0.15, 0.2) is 24.4 Å². The Kier molecular flexibility index (Phi) is 12.5. The van der Waals surface area contributed by atoms with E-state index in [9.17, 15) is 13.2 Å². The quantitative estimate of drug-likeness (QED) is 0.238. The topological polar surface area (TPSA) is 123 Å². The maximum absolute atomic E-state index is 13.7. The van der Waals surface area contributed by atoms with E-state index in [-0.39, 0.29) is 12.4 Å². The summed E-state index contributed by atoms with van der Waals surface area (Å²) in [6.45, 7) is 9.43. The minimum Gasteiger partial charge on any atom is -0.496 e. The van der Waals surface area contributed by atoms with Gasteiger partial charge in [-0.3, -0.25) is 9.58 Å². The normalized spacial score (nSPS) is 14.9. The summed E-state index contributed by atoms with van der Waals surface area (Å²) in [6.07, 6.45) is 0.800. The molecule has 1 fully saturated rings. The van der Waals surface area contributed by atoms with E-state index in [0.29, 0.717) is 74.7 Å². The Bertz CT molecular complexity index is 1240. The largest absolute Gasteiger partial charge is 0.496 e. The molecule has 10 nitrogen and oxygen atoms in total. The number of nitrogen functional groups attached to an aromatic ring is 1. The third kappa shape index (κ3) is 8.60. The first-order chi connectivity index (χ1) is 20.2. The number of nitrogens with zero attached hydrogens (tertiary/aromatic N) is 6. The first-order valence-electron chi connectivity index (χ1n) is 14.9. The van der Waals surface area contributed by atoms with E-state index in [0.717, 1.165) is 30.6 Å². The highest BCUT2D eigenvalue weighted by Crippen LogP contribution is 2.32. The molecule has 0 radical (unpaired) electrons. The fourth-order valence-electron chi connectivity index (χ4n) is 5.13. The zero-order chi connectivity index (χ0) is 30.7. The molecule has 1 aliphatic rings. The van der Waals surface area contributed by atoms with E-state index >= 15 is 0 Å². The Labute approximate surface area is 246 Å². The average Bonchev–Trinajstić information content (AvgIpc) is 3.38. The molecular weight excluding hydrogens is 547 g/mol. The number of halogens is 3. The second kappa shape index (κ2) is 15.8. The van der Waals surface area contributed by atoms with Crippen LogP contribution in [0.1, 0.15) is 58.4 Å². The van der Waals surface area contributed by atoms with Gasteiger partial charge in [-0.25, -0.2) is 4.98 Å². The molecule has 234 valence electrons. The summed E-state index contributed by atoms with van der Waals surface area (Å²) < 4.78 is 48.7. The molecule has 1 atom stereocenters. The molecule has 5 N–H and O–H groups in total. The Balaban J connectivity index is 0.00000237. The maximum atomic E-state index is 13.7. The van der Waals surface area contributed by atoms with Crippen LogP contribution >= 0.6 is 0 Å². The van der Waals surface area contributed by atoms with Gasteiger partial charge in [-0.2, -0.15) is 23.3 Å². The molecule has 3 aromatic rings. The van der Waals surface area contributed by atoms with Crippen molar-refractivity contribution in [3.05, 3.63) is 30.0 Å². The summed E-state index contributed by atoms with van der Waals surface area (Å²) in [5.41, 5.74) is 14.5. The third-order valence-electron chi connectivity index (χ3n) is 7.28. The molecular formula is C29H46F3N9O. The third-order valence-corrected chi connectivity index (χ3v) is 7.28. The summed E-state index contributed by atoms with van der Waals surface area (Å²) in [7, 11) is 1.61. The van der Waals surface area contributed by atoms with Crippen molar-refractivity contribution in [2.45, 2.75) is 71.6 Å². The number of hydrogen-bond donors (Lipinski definition) is 3. The molecule has 0 amide bonds. The van der Waals surface area contributed by atoms with Gasteiger partial charge in [0.05, 0.1) is 19.9 Å². The predicted octanol–water partition coefficient (Wildman–Crippen LogP) is 4.89. The van der Waals surface area contributed by atoms with Crippen LogP contribution in [-0.2, 0) is 6.54 Å². The molecule has 4 rings (SSSR count). The van der Waals surface area contributed by atoms with Crippen LogP contribution in [0.2, 0.25) is 0 Å². The highest BCUT2D eigenvalue weighted by molar-refractivity contribution is 5.85. The Hall–Kier alpha value is -3.32. The average molecular weight is 594 g/mol. The summed E-state index contributed by atoms with van der Waals surface area (Å²) in [5, 5.41) is 7.99. The number of ether oxygens (including phenoxy) is 1. The number of piperazine rings is 1. The second-order valence-corrected chi connectivity index (χ2v) is 10.1. The molecule has 1 aliphatic heterocycles. The summed E-state index contributed by atoms with van der Waals surface area (Å²) in [4.78, 5) is 12.3. The summed E-state index contributed by atoms with van der Waals surface area (Å²) >= 11 is 0. The van der Waals surface area contributed by atoms with E-state index in [1.807, 2.05) is 38.2 Å². The number of benzene rings is 1. The zero-order valence-electron chi connectivity index (χ0n) is 25.3. The van der Waals surface area contributed by atoms with E-state index in [4.69, 9.17) is 16.2 Å². The lowest BCUT2D eigenvalue weighted by Crippen LogP contribution is -2.54. The number of nitrogens with two attached hydrogens (primary N) is 2. The van der Waals surface area contributed by atoms with E-state index < -0.39 is 12.2 Å².